The van der Waals surface area contributed by atoms with E-state index in [2.05, 4.69) is 12.1 Å². The third kappa shape index (κ3) is 4.33. The number of hydrogen-bond donors (Lipinski definition) is 1. The van der Waals surface area contributed by atoms with Crippen LogP contribution in [0.4, 0.5) is 0 Å². The van der Waals surface area contributed by atoms with E-state index in [-0.39, 0.29) is 5.91 Å². The van der Waals surface area contributed by atoms with Gasteiger partial charge in [-0.15, -0.1) is 0 Å². The molecule has 2 N–H and O–H groups in total. The van der Waals surface area contributed by atoms with Crippen molar-refractivity contribution in [1.29, 1.82) is 0 Å². The number of halogens is 1. The fourth-order valence-corrected chi connectivity index (χ4v) is 2.47. The Kier molecular flexibility index (Phi) is 5.99. The van der Waals surface area contributed by atoms with E-state index in [1.165, 1.54) is 5.56 Å². The van der Waals surface area contributed by atoms with Crippen LogP contribution in [0.25, 0.3) is 0 Å². The largest absolute Gasteiger partial charge is 0.337 e. The Balaban J connectivity index is 2.09. The summed E-state index contributed by atoms with van der Waals surface area (Å²) in [5.41, 5.74) is 8.43. The zero-order valence-electron chi connectivity index (χ0n) is 12.8. The average Bonchev–Trinajstić information content (AvgIpc) is 2.54. The molecule has 22 heavy (non-hydrogen) atoms. The Morgan fingerprint density at radius 1 is 1.14 bits per heavy atom. The Morgan fingerprint density at radius 2 is 1.86 bits per heavy atom. The Morgan fingerprint density at radius 3 is 2.50 bits per heavy atom. The maximum atomic E-state index is 12.6. The predicted octanol–water partition coefficient (Wildman–Crippen LogP) is 3.29. The zero-order chi connectivity index (χ0) is 15.9. The molecule has 116 valence electrons. The number of nitrogens with zero attached hydrogens (tertiary/aromatic N) is 1. The van der Waals surface area contributed by atoms with Gasteiger partial charge in [0, 0.05) is 30.2 Å². The van der Waals surface area contributed by atoms with E-state index in [0.717, 1.165) is 12.0 Å². The Labute approximate surface area is 136 Å². The molecule has 0 aliphatic heterocycles. The smallest absolute Gasteiger partial charge is 0.253 e. The lowest BCUT2D eigenvalue weighted by atomic mass is 10.1. The second-order valence-corrected chi connectivity index (χ2v) is 5.69. The van der Waals surface area contributed by atoms with Crippen LogP contribution in [0.5, 0.6) is 0 Å². The monoisotopic (exact) mass is 316 g/mol. The van der Waals surface area contributed by atoms with Crippen molar-refractivity contribution in [2.45, 2.75) is 13.3 Å². The number of amides is 1. The highest BCUT2D eigenvalue weighted by Gasteiger charge is 2.15. The average molecular weight is 317 g/mol. The van der Waals surface area contributed by atoms with Gasteiger partial charge in [0.05, 0.1) is 0 Å². The number of hydrogen-bond acceptors (Lipinski definition) is 2. The summed E-state index contributed by atoms with van der Waals surface area (Å²) in [6, 6.07) is 15.5. The highest BCUT2D eigenvalue weighted by molar-refractivity contribution is 6.31. The van der Waals surface area contributed by atoms with Gasteiger partial charge < -0.3 is 10.6 Å². The summed E-state index contributed by atoms with van der Waals surface area (Å²) in [5, 5.41) is 0.613. The van der Waals surface area contributed by atoms with Crippen LogP contribution in [0, 0.1) is 6.92 Å². The summed E-state index contributed by atoms with van der Waals surface area (Å²) in [5.74, 6) is -0.0247. The van der Waals surface area contributed by atoms with Crippen LogP contribution >= 0.6 is 11.6 Å². The molecular formula is C18H21ClN2O. The highest BCUT2D eigenvalue weighted by atomic mass is 35.5. The summed E-state index contributed by atoms with van der Waals surface area (Å²) in [7, 11) is 0. The van der Waals surface area contributed by atoms with E-state index in [0.29, 0.717) is 30.2 Å². The molecule has 2 rings (SSSR count). The minimum Gasteiger partial charge on any atom is -0.337 e. The molecule has 0 saturated heterocycles. The Hall–Kier alpha value is -1.84. The van der Waals surface area contributed by atoms with Crippen molar-refractivity contribution in [1.82, 2.24) is 4.90 Å². The van der Waals surface area contributed by atoms with Crippen LogP contribution in [0.15, 0.2) is 48.5 Å². The molecule has 1 amide bonds. The molecule has 2 aromatic rings. The van der Waals surface area contributed by atoms with Crippen molar-refractivity contribution in [3.8, 4) is 0 Å². The molecule has 0 spiro atoms. The first-order valence-corrected chi connectivity index (χ1v) is 7.79. The van der Waals surface area contributed by atoms with E-state index < -0.39 is 0 Å². The fourth-order valence-electron chi connectivity index (χ4n) is 2.29. The van der Waals surface area contributed by atoms with Gasteiger partial charge in [0.15, 0.2) is 0 Å². The van der Waals surface area contributed by atoms with Crippen molar-refractivity contribution in [3.63, 3.8) is 0 Å². The molecule has 0 heterocycles. The molecule has 0 aliphatic rings. The van der Waals surface area contributed by atoms with Gasteiger partial charge in [0.2, 0.25) is 0 Å². The normalized spacial score (nSPS) is 10.5. The number of nitrogens with two attached hydrogens (primary N) is 1. The third-order valence-electron chi connectivity index (χ3n) is 3.62. The lowest BCUT2D eigenvalue weighted by Crippen LogP contribution is -2.37. The zero-order valence-corrected chi connectivity index (χ0v) is 13.5. The number of aryl methyl sites for hydroxylation is 1. The molecule has 0 saturated carbocycles. The maximum Gasteiger partial charge on any atom is 0.253 e. The minimum absolute atomic E-state index is 0.0247. The second kappa shape index (κ2) is 7.97. The number of benzene rings is 2. The summed E-state index contributed by atoms with van der Waals surface area (Å²) in [6.07, 6.45) is 0.812. The SMILES string of the molecule is Cc1ccc(C(=O)N(CCN)CCc2ccccc2)cc1Cl. The Bertz CT molecular complexity index is 628. The number of carbonyl (C=O) groups excluding carboxylic acids is 1. The van der Waals surface area contributed by atoms with Crippen molar-refractivity contribution in [2.75, 3.05) is 19.6 Å². The van der Waals surface area contributed by atoms with E-state index in [9.17, 15) is 4.79 Å². The summed E-state index contributed by atoms with van der Waals surface area (Å²) >= 11 is 6.12. The summed E-state index contributed by atoms with van der Waals surface area (Å²) in [6.45, 7) is 3.55. The van der Waals surface area contributed by atoms with Gasteiger partial charge >= 0.3 is 0 Å². The third-order valence-corrected chi connectivity index (χ3v) is 4.03. The first kappa shape index (κ1) is 16.5. The fraction of sp³-hybridized carbons (Fsp3) is 0.278. The summed E-state index contributed by atoms with van der Waals surface area (Å²) in [4.78, 5) is 14.4. The molecule has 2 aromatic carbocycles. The molecule has 0 aromatic heterocycles. The molecule has 0 unspecified atom stereocenters. The van der Waals surface area contributed by atoms with Crippen LogP contribution in [-0.2, 0) is 6.42 Å². The van der Waals surface area contributed by atoms with Gasteiger partial charge in [-0.2, -0.15) is 0 Å². The van der Waals surface area contributed by atoms with Crippen LogP contribution in [-0.4, -0.2) is 30.4 Å². The standard InChI is InChI=1S/C18H21ClN2O/c1-14-7-8-16(13-17(14)19)18(22)21(12-10-20)11-9-15-5-3-2-4-6-15/h2-8,13H,9-12,20H2,1H3. The van der Waals surface area contributed by atoms with Gasteiger partial charge in [-0.05, 0) is 36.6 Å². The predicted molar refractivity (Wildman–Crippen MR) is 91.3 cm³/mol. The van der Waals surface area contributed by atoms with Gasteiger partial charge in [0.25, 0.3) is 5.91 Å². The van der Waals surface area contributed by atoms with Crippen LogP contribution in [0.1, 0.15) is 21.5 Å². The first-order valence-electron chi connectivity index (χ1n) is 7.41. The van der Waals surface area contributed by atoms with Crippen LogP contribution in [0.2, 0.25) is 5.02 Å². The minimum atomic E-state index is -0.0247. The lowest BCUT2D eigenvalue weighted by molar-refractivity contribution is 0.0762. The molecule has 0 aliphatic carbocycles. The van der Waals surface area contributed by atoms with E-state index >= 15 is 0 Å². The molecule has 0 radical (unpaired) electrons. The topological polar surface area (TPSA) is 46.3 Å². The molecular weight excluding hydrogens is 296 g/mol. The number of rotatable bonds is 6. The molecule has 0 atom stereocenters. The number of carbonyl (C=O) groups is 1. The van der Waals surface area contributed by atoms with Gasteiger partial charge in [-0.3, -0.25) is 4.79 Å². The van der Waals surface area contributed by atoms with Crippen LogP contribution in [0.3, 0.4) is 0 Å². The molecule has 3 nitrogen and oxygen atoms in total. The van der Waals surface area contributed by atoms with Crippen LogP contribution < -0.4 is 5.73 Å². The van der Waals surface area contributed by atoms with E-state index in [1.54, 1.807) is 11.0 Å². The van der Waals surface area contributed by atoms with Gasteiger partial charge in [0.1, 0.15) is 0 Å². The van der Waals surface area contributed by atoms with E-state index in [1.807, 2.05) is 37.3 Å². The summed E-state index contributed by atoms with van der Waals surface area (Å²) < 4.78 is 0. The van der Waals surface area contributed by atoms with Crippen molar-refractivity contribution in [3.05, 3.63) is 70.2 Å². The molecule has 0 fully saturated rings. The molecule has 0 bridgehead atoms. The molecule has 4 heteroatoms. The lowest BCUT2D eigenvalue weighted by Gasteiger charge is -2.22. The van der Waals surface area contributed by atoms with Crippen molar-refractivity contribution in [2.24, 2.45) is 5.73 Å². The van der Waals surface area contributed by atoms with Gasteiger partial charge in [-0.1, -0.05) is 48.0 Å². The maximum absolute atomic E-state index is 12.6. The van der Waals surface area contributed by atoms with E-state index in [4.69, 9.17) is 17.3 Å². The van der Waals surface area contributed by atoms with Crippen molar-refractivity contribution < 1.29 is 4.79 Å². The highest BCUT2D eigenvalue weighted by Crippen LogP contribution is 2.18. The first-order chi connectivity index (χ1) is 10.6. The second-order valence-electron chi connectivity index (χ2n) is 5.28. The quantitative estimate of drug-likeness (QED) is 0.889. The van der Waals surface area contributed by atoms with Crippen molar-refractivity contribution >= 4 is 17.5 Å². The van der Waals surface area contributed by atoms with Gasteiger partial charge in [-0.25, -0.2) is 0 Å².